The number of rotatable bonds is 6. The Morgan fingerprint density at radius 2 is 1.91 bits per heavy atom. The molecule has 0 fully saturated rings. The fraction of sp³-hybridized carbons (Fsp3) is 0.312. The molecule has 23 heavy (non-hydrogen) atoms. The Balaban J connectivity index is 2.28. The number of amides is 1. The van der Waals surface area contributed by atoms with Crippen molar-refractivity contribution in [3.05, 3.63) is 46.4 Å². The summed E-state index contributed by atoms with van der Waals surface area (Å²) in [6, 6.07) is 7.87. The van der Waals surface area contributed by atoms with E-state index in [1.54, 1.807) is 18.2 Å². The SMILES string of the molecule is CCOc1ccc(OCC)c(NC(=O)c2ccc(=O)n(C)n2)c1. The molecule has 0 aliphatic rings. The van der Waals surface area contributed by atoms with Crippen LogP contribution in [-0.2, 0) is 7.05 Å². The predicted octanol–water partition coefficient (Wildman–Crippen LogP) is 1.83. The lowest BCUT2D eigenvalue weighted by Crippen LogP contribution is -2.23. The third-order valence-corrected chi connectivity index (χ3v) is 3.00. The summed E-state index contributed by atoms with van der Waals surface area (Å²) in [5, 5.41) is 6.66. The van der Waals surface area contributed by atoms with Crippen LogP contribution in [0.15, 0.2) is 35.1 Å². The Morgan fingerprint density at radius 1 is 1.17 bits per heavy atom. The van der Waals surface area contributed by atoms with Gasteiger partial charge in [0.1, 0.15) is 17.2 Å². The monoisotopic (exact) mass is 317 g/mol. The van der Waals surface area contributed by atoms with E-state index in [4.69, 9.17) is 9.47 Å². The topological polar surface area (TPSA) is 82.5 Å². The number of aromatic nitrogens is 2. The molecule has 0 bridgehead atoms. The summed E-state index contributed by atoms with van der Waals surface area (Å²) in [4.78, 5) is 23.7. The Kier molecular flexibility index (Phi) is 5.35. The molecule has 1 aromatic carbocycles. The minimum Gasteiger partial charge on any atom is -0.494 e. The maximum absolute atomic E-state index is 12.3. The van der Waals surface area contributed by atoms with Gasteiger partial charge in [0.25, 0.3) is 11.5 Å². The maximum Gasteiger partial charge on any atom is 0.276 e. The van der Waals surface area contributed by atoms with E-state index < -0.39 is 5.91 Å². The first kappa shape index (κ1) is 16.5. The van der Waals surface area contributed by atoms with E-state index in [1.807, 2.05) is 13.8 Å². The molecule has 2 aromatic rings. The summed E-state index contributed by atoms with van der Waals surface area (Å²) in [5.41, 5.74) is 0.338. The molecule has 0 unspecified atom stereocenters. The molecule has 2 rings (SSSR count). The molecule has 0 aliphatic heterocycles. The average Bonchev–Trinajstić information content (AvgIpc) is 2.53. The first-order chi connectivity index (χ1) is 11.0. The molecule has 7 heteroatoms. The molecular formula is C16H19N3O4. The van der Waals surface area contributed by atoms with E-state index in [2.05, 4.69) is 10.4 Å². The fourth-order valence-corrected chi connectivity index (χ4v) is 1.95. The predicted molar refractivity (Wildman–Crippen MR) is 86.2 cm³/mol. The van der Waals surface area contributed by atoms with Crippen LogP contribution in [0.25, 0.3) is 0 Å². The van der Waals surface area contributed by atoms with Gasteiger partial charge in [-0.05, 0) is 32.0 Å². The summed E-state index contributed by atoms with van der Waals surface area (Å²) in [7, 11) is 1.49. The molecule has 0 aliphatic carbocycles. The van der Waals surface area contributed by atoms with Crippen molar-refractivity contribution in [2.45, 2.75) is 13.8 Å². The number of hydrogen-bond acceptors (Lipinski definition) is 5. The lowest BCUT2D eigenvalue weighted by molar-refractivity contribution is 0.101. The van der Waals surface area contributed by atoms with Gasteiger partial charge in [0, 0.05) is 19.2 Å². The van der Waals surface area contributed by atoms with E-state index in [0.717, 1.165) is 4.68 Å². The van der Waals surface area contributed by atoms with Crippen molar-refractivity contribution in [2.24, 2.45) is 7.05 Å². The standard InChI is InChI=1S/C16H19N3O4/c1-4-22-11-6-8-14(23-5-2)13(10-11)17-16(21)12-7-9-15(20)19(3)18-12/h6-10H,4-5H2,1-3H3,(H,17,21). The molecule has 7 nitrogen and oxygen atoms in total. The van der Waals surface area contributed by atoms with Crippen LogP contribution in [0.5, 0.6) is 11.5 Å². The highest BCUT2D eigenvalue weighted by Crippen LogP contribution is 2.29. The quantitative estimate of drug-likeness (QED) is 0.879. The highest BCUT2D eigenvalue weighted by atomic mass is 16.5. The number of nitrogens with one attached hydrogen (secondary N) is 1. The van der Waals surface area contributed by atoms with Crippen molar-refractivity contribution >= 4 is 11.6 Å². The molecule has 1 N–H and O–H groups in total. The molecule has 1 amide bonds. The molecule has 122 valence electrons. The van der Waals surface area contributed by atoms with Crippen LogP contribution in [0.4, 0.5) is 5.69 Å². The maximum atomic E-state index is 12.3. The van der Waals surface area contributed by atoms with Crippen molar-refractivity contribution in [3.8, 4) is 11.5 Å². The van der Waals surface area contributed by atoms with Crippen LogP contribution < -0.4 is 20.3 Å². The number of carbonyl (C=O) groups is 1. The number of nitrogens with zero attached hydrogens (tertiary/aromatic N) is 2. The first-order valence-corrected chi connectivity index (χ1v) is 7.30. The molecule has 0 saturated carbocycles. The minimum absolute atomic E-state index is 0.136. The van der Waals surface area contributed by atoms with Crippen LogP contribution in [0.2, 0.25) is 0 Å². The van der Waals surface area contributed by atoms with E-state index >= 15 is 0 Å². The molecule has 0 saturated heterocycles. The van der Waals surface area contributed by atoms with Gasteiger partial charge in [-0.15, -0.1) is 0 Å². The largest absolute Gasteiger partial charge is 0.494 e. The molecular weight excluding hydrogens is 298 g/mol. The van der Waals surface area contributed by atoms with E-state index in [9.17, 15) is 9.59 Å². The van der Waals surface area contributed by atoms with Gasteiger partial charge < -0.3 is 14.8 Å². The summed E-state index contributed by atoms with van der Waals surface area (Å²) >= 11 is 0. The zero-order valence-electron chi connectivity index (χ0n) is 13.3. The summed E-state index contributed by atoms with van der Waals surface area (Å²) in [6.07, 6.45) is 0. The molecule has 1 heterocycles. The number of ether oxygens (including phenoxy) is 2. The van der Waals surface area contributed by atoms with Crippen molar-refractivity contribution in [1.29, 1.82) is 0 Å². The van der Waals surface area contributed by atoms with Gasteiger partial charge in [-0.1, -0.05) is 0 Å². The zero-order chi connectivity index (χ0) is 16.8. The van der Waals surface area contributed by atoms with Gasteiger partial charge >= 0.3 is 0 Å². The summed E-state index contributed by atoms with van der Waals surface area (Å²) < 4.78 is 12.0. The van der Waals surface area contributed by atoms with Gasteiger partial charge in [-0.2, -0.15) is 5.10 Å². The Labute approximate surface area is 133 Å². The molecule has 1 aromatic heterocycles. The van der Waals surface area contributed by atoms with Gasteiger partial charge in [0.05, 0.1) is 18.9 Å². The number of carbonyl (C=O) groups excluding carboxylic acids is 1. The number of aryl methyl sites for hydroxylation is 1. The highest BCUT2D eigenvalue weighted by Gasteiger charge is 2.13. The van der Waals surface area contributed by atoms with Gasteiger partial charge in [-0.3, -0.25) is 9.59 Å². The minimum atomic E-state index is -0.435. The number of hydrogen-bond donors (Lipinski definition) is 1. The van der Waals surface area contributed by atoms with E-state index in [-0.39, 0.29) is 11.3 Å². The summed E-state index contributed by atoms with van der Waals surface area (Å²) in [5.74, 6) is 0.726. The lowest BCUT2D eigenvalue weighted by atomic mass is 10.2. The molecule has 0 radical (unpaired) electrons. The van der Waals surface area contributed by atoms with Crippen LogP contribution in [0.1, 0.15) is 24.3 Å². The Morgan fingerprint density at radius 3 is 2.57 bits per heavy atom. The van der Waals surface area contributed by atoms with Crippen LogP contribution in [-0.4, -0.2) is 28.9 Å². The zero-order valence-corrected chi connectivity index (χ0v) is 13.3. The van der Waals surface area contributed by atoms with Crippen LogP contribution in [0, 0.1) is 0 Å². The second-order valence-corrected chi connectivity index (χ2v) is 4.66. The summed E-state index contributed by atoms with van der Waals surface area (Å²) in [6.45, 7) is 4.72. The normalized spacial score (nSPS) is 10.2. The smallest absolute Gasteiger partial charge is 0.276 e. The fourth-order valence-electron chi connectivity index (χ4n) is 1.95. The third-order valence-electron chi connectivity index (χ3n) is 3.00. The number of benzene rings is 1. The van der Waals surface area contributed by atoms with Crippen LogP contribution in [0.3, 0.4) is 0 Å². The van der Waals surface area contributed by atoms with Gasteiger partial charge in [0.15, 0.2) is 0 Å². The van der Waals surface area contributed by atoms with E-state index in [1.165, 1.54) is 19.2 Å². The van der Waals surface area contributed by atoms with Crippen molar-refractivity contribution in [1.82, 2.24) is 9.78 Å². The van der Waals surface area contributed by atoms with Crippen molar-refractivity contribution in [2.75, 3.05) is 18.5 Å². The lowest BCUT2D eigenvalue weighted by Gasteiger charge is -2.13. The molecule has 0 spiro atoms. The van der Waals surface area contributed by atoms with Crippen LogP contribution >= 0.6 is 0 Å². The van der Waals surface area contributed by atoms with Gasteiger partial charge in [0.2, 0.25) is 0 Å². The number of anilines is 1. The second-order valence-electron chi connectivity index (χ2n) is 4.66. The first-order valence-electron chi connectivity index (χ1n) is 7.30. The Hall–Kier alpha value is -2.83. The van der Waals surface area contributed by atoms with E-state index in [0.29, 0.717) is 30.4 Å². The molecule has 0 atom stereocenters. The van der Waals surface area contributed by atoms with Crippen molar-refractivity contribution < 1.29 is 14.3 Å². The second kappa shape index (κ2) is 7.44. The third kappa shape index (κ3) is 4.09. The Bertz CT molecular complexity index is 755. The van der Waals surface area contributed by atoms with Gasteiger partial charge in [-0.25, -0.2) is 4.68 Å². The highest BCUT2D eigenvalue weighted by molar-refractivity contribution is 6.03. The average molecular weight is 317 g/mol. The van der Waals surface area contributed by atoms with Crippen molar-refractivity contribution in [3.63, 3.8) is 0 Å².